The molecule has 1 saturated carbocycles. The van der Waals surface area contributed by atoms with Gasteiger partial charge in [-0.2, -0.15) is 0 Å². The van der Waals surface area contributed by atoms with Crippen molar-refractivity contribution in [2.75, 3.05) is 13.7 Å². The molecule has 1 aliphatic heterocycles. The van der Waals surface area contributed by atoms with E-state index in [1.807, 2.05) is 11.8 Å². The van der Waals surface area contributed by atoms with Crippen LogP contribution in [0.2, 0.25) is 0 Å². The van der Waals surface area contributed by atoms with E-state index < -0.39 is 0 Å². The molecule has 2 aliphatic rings. The molecule has 0 aromatic heterocycles. The third-order valence-corrected chi connectivity index (χ3v) is 4.01. The Morgan fingerprint density at radius 2 is 2.11 bits per heavy atom. The van der Waals surface area contributed by atoms with Crippen molar-refractivity contribution in [3.8, 4) is 0 Å². The highest BCUT2D eigenvalue weighted by molar-refractivity contribution is 5.87. The van der Waals surface area contributed by atoms with Crippen LogP contribution in [0.5, 0.6) is 0 Å². The molecule has 2 amide bonds. The molecule has 2 rings (SSSR count). The molecule has 0 spiro atoms. The number of hydrogen-bond acceptors (Lipinski definition) is 3. The topological polar surface area (TPSA) is 58.6 Å². The molecular formula is C13H22N2O3. The van der Waals surface area contributed by atoms with Crippen LogP contribution < -0.4 is 5.32 Å². The summed E-state index contributed by atoms with van der Waals surface area (Å²) in [7, 11) is 1.73. The van der Waals surface area contributed by atoms with E-state index in [0.29, 0.717) is 6.42 Å². The van der Waals surface area contributed by atoms with E-state index in [1.54, 1.807) is 7.11 Å². The number of hydrogen-bond donors (Lipinski definition) is 1. The van der Waals surface area contributed by atoms with Gasteiger partial charge in [0, 0.05) is 25.6 Å². The third kappa shape index (κ3) is 2.83. The Labute approximate surface area is 108 Å². The largest absolute Gasteiger partial charge is 0.381 e. The fourth-order valence-corrected chi connectivity index (χ4v) is 3.10. The first-order valence-electron chi connectivity index (χ1n) is 6.72. The molecule has 1 N–H and O–H groups in total. The number of nitrogens with one attached hydrogen (secondary N) is 1. The molecule has 5 heteroatoms. The second kappa shape index (κ2) is 5.69. The summed E-state index contributed by atoms with van der Waals surface area (Å²) in [5.41, 5.74) is 0. The molecule has 18 heavy (non-hydrogen) atoms. The molecule has 102 valence electrons. The summed E-state index contributed by atoms with van der Waals surface area (Å²) in [6.07, 6.45) is 4.71. The minimum Gasteiger partial charge on any atom is -0.381 e. The lowest BCUT2D eigenvalue weighted by Crippen LogP contribution is -2.49. The van der Waals surface area contributed by atoms with Gasteiger partial charge in [0.1, 0.15) is 0 Å². The van der Waals surface area contributed by atoms with Crippen LogP contribution in [-0.4, -0.2) is 48.6 Å². The van der Waals surface area contributed by atoms with E-state index in [2.05, 4.69) is 5.32 Å². The SMILES string of the molecule is COC1CCCC(N2C(=O)CNC(=O)CC2C)C1. The van der Waals surface area contributed by atoms with Gasteiger partial charge in [0.05, 0.1) is 12.6 Å². The highest BCUT2D eigenvalue weighted by atomic mass is 16.5. The highest BCUT2D eigenvalue weighted by Gasteiger charge is 2.35. The summed E-state index contributed by atoms with van der Waals surface area (Å²) >= 11 is 0. The number of methoxy groups -OCH3 is 1. The van der Waals surface area contributed by atoms with Gasteiger partial charge in [-0.1, -0.05) is 0 Å². The van der Waals surface area contributed by atoms with Gasteiger partial charge < -0.3 is 15.0 Å². The zero-order valence-corrected chi connectivity index (χ0v) is 11.1. The molecule has 0 bridgehead atoms. The molecule has 0 aromatic carbocycles. The summed E-state index contributed by atoms with van der Waals surface area (Å²) in [4.78, 5) is 25.5. The van der Waals surface area contributed by atoms with Crippen LogP contribution in [-0.2, 0) is 14.3 Å². The molecule has 1 aliphatic carbocycles. The quantitative estimate of drug-likeness (QED) is 0.788. The molecule has 0 aromatic rings. The Bertz CT molecular complexity index is 332. The first-order valence-corrected chi connectivity index (χ1v) is 6.72. The highest BCUT2D eigenvalue weighted by Crippen LogP contribution is 2.27. The number of rotatable bonds is 2. The van der Waals surface area contributed by atoms with Crippen molar-refractivity contribution in [2.45, 2.75) is 57.2 Å². The van der Waals surface area contributed by atoms with Crippen molar-refractivity contribution in [2.24, 2.45) is 0 Å². The van der Waals surface area contributed by atoms with Gasteiger partial charge in [0.2, 0.25) is 11.8 Å². The lowest BCUT2D eigenvalue weighted by atomic mass is 9.90. The zero-order valence-electron chi connectivity index (χ0n) is 11.1. The lowest BCUT2D eigenvalue weighted by molar-refractivity contribution is -0.135. The zero-order chi connectivity index (χ0) is 13.1. The number of carbonyl (C=O) groups is 2. The van der Waals surface area contributed by atoms with E-state index in [0.717, 1.165) is 25.7 Å². The maximum Gasteiger partial charge on any atom is 0.242 e. The maximum absolute atomic E-state index is 12.1. The minimum absolute atomic E-state index is 0.0133. The van der Waals surface area contributed by atoms with Gasteiger partial charge in [-0.25, -0.2) is 0 Å². The third-order valence-electron chi connectivity index (χ3n) is 4.01. The van der Waals surface area contributed by atoms with Crippen LogP contribution in [0.3, 0.4) is 0 Å². The van der Waals surface area contributed by atoms with Gasteiger partial charge in [-0.05, 0) is 32.6 Å². The summed E-state index contributed by atoms with van der Waals surface area (Å²) in [5.74, 6) is 0.00699. The first kappa shape index (κ1) is 13.3. The predicted molar refractivity (Wildman–Crippen MR) is 67.0 cm³/mol. The van der Waals surface area contributed by atoms with Crippen LogP contribution in [0.15, 0.2) is 0 Å². The molecule has 0 radical (unpaired) electrons. The molecular weight excluding hydrogens is 232 g/mol. The fourth-order valence-electron chi connectivity index (χ4n) is 3.10. The van der Waals surface area contributed by atoms with Crippen LogP contribution in [0, 0.1) is 0 Å². The first-order chi connectivity index (χ1) is 8.61. The van der Waals surface area contributed by atoms with Crippen LogP contribution in [0.25, 0.3) is 0 Å². The van der Waals surface area contributed by atoms with Gasteiger partial charge in [0.15, 0.2) is 0 Å². The number of nitrogens with zero attached hydrogens (tertiary/aromatic N) is 1. The van der Waals surface area contributed by atoms with Crippen LogP contribution >= 0.6 is 0 Å². The van der Waals surface area contributed by atoms with E-state index in [1.165, 1.54) is 0 Å². The van der Waals surface area contributed by atoms with Gasteiger partial charge >= 0.3 is 0 Å². The van der Waals surface area contributed by atoms with E-state index >= 15 is 0 Å². The molecule has 3 atom stereocenters. The van der Waals surface area contributed by atoms with Crippen LogP contribution in [0.4, 0.5) is 0 Å². The second-order valence-electron chi connectivity index (χ2n) is 5.31. The molecule has 5 nitrogen and oxygen atoms in total. The standard InChI is InChI=1S/C13H22N2O3/c1-9-6-12(16)14-8-13(17)15(9)10-4-3-5-11(7-10)18-2/h9-11H,3-8H2,1-2H3,(H,14,16). The Balaban J connectivity index is 2.08. The van der Waals surface area contributed by atoms with Crippen molar-refractivity contribution < 1.29 is 14.3 Å². The van der Waals surface area contributed by atoms with Gasteiger partial charge in [0.25, 0.3) is 0 Å². The Hall–Kier alpha value is -1.10. The minimum atomic E-state index is -0.0301. The normalized spacial score (nSPS) is 34.1. The monoisotopic (exact) mass is 254 g/mol. The smallest absolute Gasteiger partial charge is 0.242 e. The Morgan fingerprint density at radius 3 is 2.83 bits per heavy atom. The molecule has 2 fully saturated rings. The summed E-state index contributed by atoms with van der Waals surface area (Å²) < 4.78 is 5.41. The van der Waals surface area contributed by atoms with E-state index in [9.17, 15) is 9.59 Å². The Morgan fingerprint density at radius 1 is 1.33 bits per heavy atom. The average Bonchev–Trinajstić information content (AvgIpc) is 2.48. The van der Waals surface area contributed by atoms with Crippen molar-refractivity contribution >= 4 is 11.8 Å². The summed E-state index contributed by atoms with van der Waals surface area (Å²) in [5, 5.41) is 2.66. The van der Waals surface area contributed by atoms with Gasteiger partial charge in [-0.15, -0.1) is 0 Å². The number of amides is 2. The maximum atomic E-state index is 12.1. The lowest BCUT2D eigenvalue weighted by Gasteiger charge is -2.39. The fraction of sp³-hybridized carbons (Fsp3) is 0.846. The summed E-state index contributed by atoms with van der Waals surface area (Å²) in [6.45, 7) is 2.09. The van der Waals surface area contributed by atoms with E-state index in [-0.39, 0.29) is 36.5 Å². The van der Waals surface area contributed by atoms with Crippen molar-refractivity contribution in [3.63, 3.8) is 0 Å². The van der Waals surface area contributed by atoms with Crippen molar-refractivity contribution in [1.82, 2.24) is 10.2 Å². The summed E-state index contributed by atoms with van der Waals surface area (Å²) in [6, 6.07) is 0.208. The predicted octanol–water partition coefficient (Wildman–Crippen LogP) is 0.681. The van der Waals surface area contributed by atoms with Gasteiger partial charge in [-0.3, -0.25) is 9.59 Å². The van der Waals surface area contributed by atoms with E-state index in [4.69, 9.17) is 4.74 Å². The molecule has 1 heterocycles. The number of ether oxygens (including phenoxy) is 1. The van der Waals surface area contributed by atoms with Crippen molar-refractivity contribution in [3.05, 3.63) is 0 Å². The second-order valence-corrected chi connectivity index (χ2v) is 5.31. The van der Waals surface area contributed by atoms with Crippen LogP contribution in [0.1, 0.15) is 39.0 Å². The number of carbonyl (C=O) groups excluding carboxylic acids is 2. The Kier molecular flexibility index (Phi) is 4.22. The molecule has 3 unspecified atom stereocenters. The molecule has 1 saturated heterocycles. The average molecular weight is 254 g/mol. The van der Waals surface area contributed by atoms with Crippen molar-refractivity contribution in [1.29, 1.82) is 0 Å².